The van der Waals surface area contributed by atoms with E-state index in [1.165, 1.54) is 0 Å². The number of nitrogens with one attached hydrogen (secondary N) is 1. The number of hydrogen-bond donors (Lipinski definition) is 1. The Bertz CT molecular complexity index is 669. The van der Waals surface area contributed by atoms with Gasteiger partial charge < -0.3 is 10.2 Å². The summed E-state index contributed by atoms with van der Waals surface area (Å²) in [6.07, 6.45) is 6.45. The first-order valence-electron chi connectivity index (χ1n) is 7.79. The number of anilines is 1. The van der Waals surface area contributed by atoms with Crippen LogP contribution >= 0.6 is 11.8 Å². The Morgan fingerprint density at radius 3 is 2.96 bits per heavy atom. The molecule has 122 valence electrons. The van der Waals surface area contributed by atoms with Crippen molar-refractivity contribution < 1.29 is 4.79 Å². The fourth-order valence-corrected chi connectivity index (χ4v) is 3.29. The second kappa shape index (κ2) is 7.04. The number of rotatable bonds is 5. The molecule has 0 bridgehead atoms. The number of nitrogens with zero attached hydrogens (tertiary/aromatic N) is 4. The van der Waals surface area contributed by atoms with E-state index in [2.05, 4.69) is 27.2 Å². The highest BCUT2D eigenvalue weighted by Crippen LogP contribution is 2.20. The van der Waals surface area contributed by atoms with Crippen molar-refractivity contribution in [2.75, 3.05) is 23.7 Å². The molecule has 2 aromatic rings. The molecule has 0 unspecified atom stereocenters. The highest BCUT2D eigenvalue weighted by Gasteiger charge is 2.25. The van der Waals surface area contributed by atoms with Crippen LogP contribution in [-0.2, 0) is 7.05 Å². The number of amides is 1. The molecule has 2 aromatic heterocycles. The monoisotopic (exact) mass is 331 g/mol. The summed E-state index contributed by atoms with van der Waals surface area (Å²) in [4.78, 5) is 18.9. The Labute approximate surface area is 140 Å². The standard InChI is InChI=1S/C16H21N5OS/c1-3-23-15-5-4-12(8-17-15)16(22)19-13-6-7-21(10-13)14-9-18-20(2)11-14/h4-5,8-9,11,13H,3,6-7,10H2,1-2H3,(H,19,22)/t13-/m1/s1. The van der Waals surface area contributed by atoms with Crippen LogP contribution in [0.1, 0.15) is 23.7 Å². The lowest BCUT2D eigenvalue weighted by Gasteiger charge is -2.16. The van der Waals surface area contributed by atoms with Crippen molar-refractivity contribution in [2.24, 2.45) is 7.05 Å². The summed E-state index contributed by atoms with van der Waals surface area (Å²) in [5, 5.41) is 8.25. The van der Waals surface area contributed by atoms with Gasteiger partial charge in [0.2, 0.25) is 0 Å². The molecule has 0 radical (unpaired) electrons. The maximum atomic E-state index is 12.3. The Morgan fingerprint density at radius 2 is 2.30 bits per heavy atom. The summed E-state index contributed by atoms with van der Waals surface area (Å²) in [5.74, 6) is 0.925. The van der Waals surface area contributed by atoms with Gasteiger partial charge in [-0.2, -0.15) is 5.10 Å². The van der Waals surface area contributed by atoms with Crippen molar-refractivity contribution >= 4 is 23.4 Å². The number of carbonyl (C=O) groups excluding carboxylic acids is 1. The van der Waals surface area contributed by atoms with E-state index in [0.717, 1.165) is 36.0 Å². The Hall–Kier alpha value is -2.02. The number of aromatic nitrogens is 3. The first-order chi connectivity index (χ1) is 11.2. The summed E-state index contributed by atoms with van der Waals surface area (Å²) < 4.78 is 1.79. The molecule has 3 rings (SSSR count). The van der Waals surface area contributed by atoms with Crippen molar-refractivity contribution in [1.82, 2.24) is 20.1 Å². The van der Waals surface area contributed by atoms with E-state index in [-0.39, 0.29) is 11.9 Å². The average Bonchev–Trinajstić information content (AvgIpc) is 3.17. The zero-order chi connectivity index (χ0) is 16.2. The molecular formula is C16H21N5OS. The SMILES string of the molecule is CCSc1ccc(C(=O)N[C@@H]2CCN(c3cnn(C)c3)C2)cn1. The molecule has 7 heteroatoms. The van der Waals surface area contributed by atoms with Gasteiger partial charge in [0.25, 0.3) is 5.91 Å². The zero-order valence-electron chi connectivity index (χ0n) is 13.4. The van der Waals surface area contributed by atoms with Gasteiger partial charge >= 0.3 is 0 Å². The maximum Gasteiger partial charge on any atom is 0.253 e. The molecule has 6 nitrogen and oxygen atoms in total. The van der Waals surface area contributed by atoms with Gasteiger partial charge in [0, 0.05) is 38.6 Å². The van der Waals surface area contributed by atoms with Crippen molar-refractivity contribution in [3.63, 3.8) is 0 Å². The lowest BCUT2D eigenvalue weighted by molar-refractivity contribution is 0.0940. The fourth-order valence-electron chi connectivity index (χ4n) is 2.70. The molecule has 1 amide bonds. The molecule has 0 aliphatic carbocycles. The van der Waals surface area contributed by atoms with Crippen LogP contribution in [0, 0.1) is 0 Å². The summed E-state index contributed by atoms with van der Waals surface area (Å²) >= 11 is 1.67. The van der Waals surface area contributed by atoms with Gasteiger partial charge in [0.15, 0.2) is 0 Å². The van der Waals surface area contributed by atoms with E-state index in [4.69, 9.17) is 0 Å². The second-order valence-electron chi connectivity index (χ2n) is 5.60. The molecule has 1 atom stereocenters. The van der Waals surface area contributed by atoms with Gasteiger partial charge in [-0.25, -0.2) is 4.98 Å². The molecule has 0 aromatic carbocycles. The summed E-state index contributed by atoms with van der Waals surface area (Å²) in [5.41, 5.74) is 1.72. The van der Waals surface area contributed by atoms with Gasteiger partial charge in [-0.1, -0.05) is 6.92 Å². The van der Waals surface area contributed by atoms with Crippen LogP contribution in [0.3, 0.4) is 0 Å². The third-order valence-corrected chi connectivity index (χ3v) is 4.70. The minimum absolute atomic E-state index is 0.0522. The van der Waals surface area contributed by atoms with Crippen LogP contribution in [0.4, 0.5) is 5.69 Å². The number of thioether (sulfide) groups is 1. The fraction of sp³-hybridized carbons (Fsp3) is 0.438. The molecule has 3 heterocycles. The van der Waals surface area contributed by atoms with Gasteiger partial charge in [-0.3, -0.25) is 9.48 Å². The third kappa shape index (κ3) is 3.85. The average molecular weight is 331 g/mol. The smallest absolute Gasteiger partial charge is 0.253 e. The van der Waals surface area contributed by atoms with Crippen LogP contribution in [0.5, 0.6) is 0 Å². The lowest BCUT2D eigenvalue weighted by Crippen LogP contribution is -2.37. The molecule has 0 spiro atoms. The second-order valence-corrected chi connectivity index (χ2v) is 6.88. The van der Waals surface area contributed by atoms with Crippen molar-refractivity contribution in [1.29, 1.82) is 0 Å². The third-order valence-electron chi connectivity index (χ3n) is 3.87. The topological polar surface area (TPSA) is 63.1 Å². The molecule has 1 aliphatic rings. The van der Waals surface area contributed by atoms with E-state index in [1.807, 2.05) is 31.6 Å². The van der Waals surface area contributed by atoms with Gasteiger partial charge in [0.05, 0.1) is 22.5 Å². The first-order valence-corrected chi connectivity index (χ1v) is 8.77. The Balaban J connectivity index is 1.56. The predicted molar refractivity (Wildman–Crippen MR) is 91.9 cm³/mol. The highest BCUT2D eigenvalue weighted by molar-refractivity contribution is 7.99. The molecule has 23 heavy (non-hydrogen) atoms. The number of aryl methyl sites for hydroxylation is 1. The van der Waals surface area contributed by atoms with E-state index >= 15 is 0 Å². The predicted octanol–water partition coefficient (Wildman–Crippen LogP) is 1.94. The molecule has 1 aliphatic heterocycles. The van der Waals surface area contributed by atoms with Crippen LogP contribution < -0.4 is 10.2 Å². The maximum absolute atomic E-state index is 12.3. The van der Waals surface area contributed by atoms with Crippen molar-refractivity contribution in [3.05, 3.63) is 36.3 Å². The summed E-state index contributed by atoms with van der Waals surface area (Å²) in [6.45, 7) is 3.83. The molecule has 1 N–H and O–H groups in total. The first kappa shape index (κ1) is 15.9. The Morgan fingerprint density at radius 1 is 1.43 bits per heavy atom. The lowest BCUT2D eigenvalue weighted by atomic mass is 10.2. The summed E-state index contributed by atoms with van der Waals surface area (Å²) in [6, 6.07) is 3.90. The van der Waals surface area contributed by atoms with Crippen LogP contribution in [0.2, 0.25) is 0 Å². The van der Waals surface area contributed by atoms with E-state index in [9.17, 15) is 4.79 Å². The van der Waals surface area contributed by atoms with Crippen molar-refractivity contribution in [2.45, 2.75) is 24.4 Å². The van der Waals surface area contributed by atoms with E-state index in [1.54, 1.807) is 22.6 Å². The number of pyridine rings is 1. The van der Waals surface area contributed by atoms with Crippen LogP contribution in [-0.4, -0.2) is 45.6 Å². The quantitative estimate of drug-likeness (QED) is 0.848. The van der Waals surface area contributed by atoms with E-state index < -0.39 is 0 Å². The minimum atomic E-state index is -0.0522. The number of carbonyl (C=O) groups is 1. The van der Waals surface area contributed by atoms with Crippen LogP contribution in [0.25, 0.3) is 0 Å². The largest absolute Gasteiger partial charge is 0.367 e. The summed E-state index contributed by atoms with van der Waals surface area (Å²) in [7, 11) is 1.91. The van der Waals surface area contributed by atoms with E-state index in [0.29, 0.717) is 5.56 Å². The van der Waals surface area contributed by atoms with Gasteiger partial charge in [-0.05, 0) is 24.3 Å². The van der Waals surface area contributed by atoms with Crippen LogP contribution in [0.15, 0.2) is 35.7 Å². The van der Waals surface area contributed by atoms with Gasteiger partial charge in [-0.15, -0.1) is 11.8 Å². The highest BCUT2D eigenvalue weighted by atomic mass is 32.2. The minimum Gasteiger partial charge on any atom is -0.367 e. The molecule has 1 saturated heterocycles. The zero-order valence-corrected chi connectivity index (χ0v) is 14.2. The van der Waals surface area contributed by atoms with Crippen molar-refractivity contribution in [3.8, 4) is 0 Å². The molecule has 0 saturated carbocycles. The molecular weight excluding hydrogens is 310 g/mol. The normalized spacial score (nSPS) is 17.5. The Kier molecular flexibility index (Phi) is 4.85. The number of hydrogen-bond acceptors (Lipinski definition) is 5. The van der Waals surface area contributed by atoms with Gasteiger partial charge in [0.1, 0.15) is 0 Å². The molecule has 1 fully saturated rings.